The average molecular weight is 474 g/mol. The Hall–Kier alpha value is -3.69. The van der Waals surface area contributed by atoms with Gasteiger partial charge in [-0.15, -0.1) is 0 Å². The number of nitrogens with two attached hydrogens (primary N) is 1. The van der Waals surface area contributed by atoms with Gasteiger partial charge in [0.2, 0.25) is 5.95 Å². The zero-order valence-electron chi connectivity index (χ0n) is 20.0. The fourth-order valence-electron chi connectivity index (χ4n) is 4.74. The molecule has 4 aromatic rings. The van der Waals surface area contributed by atoms with E-state index in [2.05, 4.69) is 38.8 Å². The molecule has 2 atom stereocenters. The molecule has 1 aliphatic heterocycles. The minimum Gasteiger partial charge on any atom is -0.496 e. The van der Waals surface area contributed by atoms with Gasteiger partial charge in [-0.05, 0) is 67.2 Å². The Morgan fingerprint density at radius 3 is 2.89 bits per heavy atom. The van der Waals surface area contributed by atoms with Crippen molar-refractivity contribution in [3.8, 4) is 16.9 Å². The lowest BCUT2D eigenvalue weighted by Crippen LogP contribution is -2.22. The highest BCUT2D eigenvalue weighted by Crippen LogP contribution is 2.33. The number of methoxy groups -OCH3 is 1. The number of H-pyrrole nitrogens is 1. The minimum atomic E-state index is -0.328. The van der Waals surface area contributed by atoms with Crippen LogP contribution in [0.1, 0.15) is 30.5 Å². The molecule has 0 saturated carbocycles. The van der Waals surface area contributed by atoms with Crippen LogP contribution in [0.4, 0.5) is 5.95 Å². The molecule has 1 saturated heterocycles. The van der Waals surface area contributed by atoms with E-state index in [1.54, 1.807) is 17.9 Å². The van der Waals surface area contributed by atoms with Crippen LogP contribution in [0.5, 0.6) is 5.75 Å². The molecule has 0 bridgehead atoms. The summed E-state index contributed by atoms with van der Waals surface area (Å²) in [6.45, 7) is 5.28. The third-order valence-corrected chi connectivity index (χ3v) is 6.73. The Labute approximate surface area is 203 Å². The Bertz CT molecular complexity index is 1390. The number of rotatable bonds is 8. The van der Waals surface area contributed by atoms with Gasteiger partial charge in [-0.2, -0.15) is 4.98 Å². The van der Waals surface area contributed by atoms with E-state index in [0.29, 0.717) is 35.3 Å². The number of nitrogens with one attached hydrogen (secondary N) is 3. The van der Waals surface area contributed by atoms with Crippen molar-refractivity contribution in [3.05, 3.63) is 70.3 Å². The number of nitrogens with zero attached hydrogens (tertiary/aromatic N) is 3. The molecule has 0 aliphatic carbocycles. The minimum absolute atomic E-state index is 0.239. The number of benzene rings is 2. The van der Waals surface area contributed by atoms with E-state index in [4.69, 9.17) is 15.5 Å². The molecule has 9 heteroatoms. The molecule has 2 aromatic heterocycles. The number of aromatic amines is 1. The topological polar surface area (TPSA) is 123 Å². The predicted molar refractivity (Wildman–Crippen MR) is 138 cm³/mol. The fourth-order valence-corrected chi connectivity index (χ4v) is 4.74. The van der Waals surface area contributed by atoms with Crippen LogP contribution in [0.2, 0.25) is 0 Å². The molecular formula is C26H31N7O2. The first kappa shape index (κ1) is 23.1. The molecule has 0 spiro atoms. The third kappa shape index (κ3) is 4.65. The Balaban J connectivity index is 1.52. The summed E-state index contributed by atoms with van der Waals surface area (Å²) < 4.78 is 7.34. The fraction of sp³-hybridized carbons (Fsp3) is 0.346. The standard InChI is InChI=1S/C26H31N7O2/c1-16(21-11-20(6-7-23(21)35-2)19-5-3-4-17(10-19)12-27)33-24-22(31-26(33)34)15-30-25(32-24)29-14-18-8-9-28-13-18/h3-7,10-11,15-16,18,28H,8-9,12-14,27H2,1-2H3,(H,31,34)(H,29,30,32)/t16-,18-/m1/s1. The van der Waals surface area contributed by atoms with Gasteiger partial charge in [0.25, 0.3) is 0 Å². The molecule has 182 valence electrons. The number of fused-ring (bicyclic) bond motifs is 1. The van der Waals surface area contributed by atoms with Gasteiger partial charge in [-0.25, -0.2) is 9.78 Å². The Morgan fingerprint density at radius 2 is 2.11 bits per heavy atom. The molecule has 0 unspecified atom stereocenters. The van der Waals surface area contributed by atoms with Crippen molar-refractivity contribution >= 4 is 17.1 Å². The van der Waals surface area contributed by atoms with Crippen LogP contribution in [-0.2, 0) is 6.54 Å². The van der Waals surface area contributed by atoms with Gasteiger partial charge >= 0.3 is 5.69 Å². The second-order valence-corrected chi connectivity index (χ2v) is 9.01. The quantitative estimate of drug-likeness (QED) is 0.310. The first-order chi connectivity index (χ1) is 17.1. The average Bonchev–Trinajstić information content (AvgIpc) is 3.53. The van der Waals surface area contributed by atoms with E-state index in [-0.39, 0.29) is 11.7 Å². The lowest BCUT2D eigenvalue weighted by Gasteiger charge is -2.19. The van der Waals surface area contributed by atoms with Gasteiger partial charge in [-0.3, -0.25) is 4.57 Å². The SMILES string of the molecule is COc1ccc(-c2cccc(CN)c2)cc1[C@@H](C)n1c(=O)[nH]c2cnc(NC[C@@H]3CCNC3)nc21. The zero-order valence-corrected chi connectivity index (χ0v) is 20.0. The maximum Gasteiger partial charge on any atom is 0.328 e. The summed E-state index contributed by atoms with van der Waals surface area (Å²) in [7, 11) is 1.64. The Kier molecular flexibility index (Phi) is 6.52. The highest BCUT2D eigenvalue weighted by Gasteiger charge is 2.21. The molecule has 3 heterocycles. The van der Waals surface area contributed by atoms with Crippen molar-refractivity contribution in [1.82, 2.24) is 24.8 Å². The zero-order chi connectivity index (χ0) is 24.4. The largest absolute Gasteiger partial charge is 0.496 e. The summed E-state index contributed by atoms with van der Waals surface area (Å²) in [5.74, 6) is 1.77. The summed E-state index contributed by atoms with van der Waals surface area (Å²) >= 11 is 0. The van der Waals surface area contributed by atoms with Gasteiger partial charge in [0.15, 0.2) is 5.65 Å². The van der Waals surface area contributed by atoms with Gasteiger partial charge in [0.05, 0.1) is 19.3 Å². The van der Waals surface area contributed by atoms with Crippen molar-refractivity contribution in [2.45, 2.75) is 25.9 Å². The molecule has 1 aliphatic rings. The molecule has 35 heavy (non-hydrogen) atoms. The smallest absolute Gasteiger partial charge is 0.328 e. The van der Waals surface area contributed by atoms with E-state index < -0.39 is 0 Å². The predicted octanol–water partition coefficient (Wildman–Crippen LogP) is 2.88. The van der Waals surface area contributed by atoms with Crippen molar-refractivity contribution in [2.24, 2.45) is 11.7 Å². The highest BCUT2D eigenvalue weighted by molar-refractivity contribution is 5.72. The van der Waals surface area contributed by atoms with E-state index in [1.807, 2.05) is 31.2 Å². The normalized spacial score (nSPS) is 16.5. The second-order valence-electron chi connectivity index (χ2n) is 9.01. The lowest BCUT2D eigenvalue weighted by molar-refractivity contribution is 0.403. The number of hydrogen-bond donors (Lipinski definition) is 4. The summed E-state index contributed by atoms with van der Waals surface area (Å²) in [5, 5.41) is 6.70. The summed E-state index contributed by atoms with van der Waals surface area (Å²) in [6, 6.07) is 13.8. The van der Waals surface area contributed by atoms with Crippen LogP contribution in [0.25, 0.3) is 22.3 Å². The van der Waals surface area contributed by atoms with Crippen LogP contribution < -0.4 is 26.8 Å². The van der Waals surface area contributed by atoms with E-state index in [1.165, 1.54) is 0 Å². The number of ether oxygens (including phenoxy) is 1. The maximum absolute atomic E-state index is 13.0. The molecule has 5 N–H and O–H groups in total. The van der Waals surface area contributed by atoms with Crippen LogP contribution in [0, 0.1) is 5.92 Å². The molecule has 0 amide bonds. The summed E-state index contributed by atoms with van der Waals surface area (Å²) in [6.07, 6.45) is 2.79. The van der Waals surface area contributed by atoms with Crippen molar-refractivity contribution < 1.29 is 4.74 Å². The van der Waals surface area contributed by atoms with E-state index in [0.717, 1.165) is 48.3 Å². The van der Waals surface area contributed by atoms with Gasteiger partial charge in [0, 0.05) is 18.7 Å². The number of anilines is 1. The van der Waals surface area contributed by atoms with Crippen LogP contribution >= 0.6 is 0 Å². The maximum atomic E-state index is 13.0. The summed E-state index contributed by atoms with van der Waals surface area (Å²) in [4.78, 5) is 25.0. The molecule has 5 rings (SSSR count). The molecule has 1 fully saturated rings. The third-order valence-electron chi connectivity index (χ3n) is 6.73. The Morgan fingerprint density at radius 1 is 1.26 bits per heavy atom. The van der Waals surface area contributed by atoms with Crippen LogP contribution in [0.3, 0.4) is 0 Å². The highest BCUT2D eigenvalue weighted by atomic mass is 16.5. The first-order valence-corrected chi connectivity index (χ1v) is 12.0. The van der Waals surface area contributed by atoms with Crippen LogP contribution in [0.15, 0.2) is 53.5 Å². The van der Waals surface area contributed by atoms with Crippen molar-refractivity contribution in [2.75, 3.05) is 32.1 Å². The molecule has 2 aromatic carbocycles. The summed E-state index contributed by atoms with van der Waals surface area (Å²) in [5.41, 5.74) is 10.8. The van der Waals surface area contributed by atoms with Gasteiger partial charge in [0.1, 0.15) is 11.3 Å². The number of imidazole rings is 1. The van der Waals surface area contributed by atoms with Gasteiger partial charge < -0.3 is 26.1 Å². The van der Waals surface area contributed by atoms with E-state index in [9.17, 15) is 4.79 Å². The molecule has 0 radical (unpaired) electrons. The van der Waals surface area contributed by atoms with Crippen LogP contribution in [-0.4, -0.2) is 46.3 Å². The van der Waals surface area contributed by atoms with Crippen molar-refractivity contribution in [3.63, 3.8) is 0 Å². The monoisotopic (exact) mass is 473 g/mol. The van der Waals surface area contributed by atoms with Gasteiger partial charge in [-0.1, -0.05) is 24.3 Å². The first-order valence-electron chi connectivity index (χ1n) is 12.0. The number of hydrogen-bond acceptors (Lipinski definition) is 7. The second kappa shape index (κ2) is 9.89. The molecule has 9 nitrogen and oxygen atoms in total. The van der Waals surface area contributed by atoms with Crippen molar-refractivity contribution in [1.29, 1.82) is 0 Å². The van der Waals surface area contributed by atoms with E-state index >= 15 is 0 Å². The lowest BCUT2D eigenvalue weighted by atomic mass is 9.97. The molecular weight excluding hydrogens is 442 g/mol. The number of aromatic nitrogens is 4.